The van der Waals surface area contributed by atoms with Crippen LogP contribution in [0.5, 0.6) is 0 Å². The van der Waals surface area contributed by atoms with Crippen LogP contribution in [0.3, 0.4) is 0 Å². The minimum Gasteiger partial charge on any atom is -0.465 e. The zero-order valence-corrected chi connectivity index (χ0v) is 6.93. The van der Waals surface area contributed by atoms with E-state index in [1.54, 1.807) is 0 Å². The van der Waals surface area contributed by atoms with Crippen molar-refractivity contribution in [2.75, 3.05) is 6.61 Å². The Balaban J connectivity index is 2.44. The minimum atomic E-state index is -0.123. The molecule has 0 bridgehead atoms. The van der Waals surface area contributed by atoms with Crippen molar-refractivity contribution < 1.29 is 9.53 Å². The van der Waals surface area contributed by atoms with Crippen LogP contribution in [0.25, 0.3) is 0 Å². The van der Waals surface area contributed by atoms with E-state index in [1.165, 1.54) is 0 Å². The Kier molecular flexibility index (Phi) is 2.69. The number of carbonyl (C=O) groups excluding carboxylic acids is 1. The second-order valence-corrected chi connectivity index (χ2v) is 3.00. The van der Waals surface area contributed by atoms with Gasteiger partial charge in [0.25, 0.3) is 0 Å². The Morgan fingerprint density at radius 3 is 3.00 bits per heavy atom. The average molecular weight is 154 g/mol. The van der Waals surface area contributed by atoms with Gasteiger partial charge in [0.05, 0.1) is 13.0 Å². The van der Waals surface area contributed by atoms with Crippen LogP contribution in [0.15, 0.2) is 12.2 Å². The molecule has 0 amide bonds. The number of cyclic esters (lactones) is 1. The van der Waals surface area contributed by atoms with Crippen LogP contribution in [-0.4, -0.2) is 12.6 Å². The Morgan fingerprint density at radius 1 is 1.73 bits per heavy atom. The van der Waals surface area contributed by atoms with Gasteiger partial charge in [-0.15, -0.1) is 0 Å². The van der Waals surface area contributed by atoms with Crippen molar-refractivity contribution in [1.29, 1.82) is 0 Å². The van der Waals surface area contributed by atoms with Gasteiger partial charge < -0.3 is 4.74 Å². The lowest BCUT2D eigenvalue weighted by atomic mass is 9.92. The highest BCUT2D eigenvalue weighted by Crippen LogP contribution is 2.23. The maximum Gasteiger partial charge on any atom is 0.309 e. The van der Waals surface area contributed by atoms with Gasteiger partial charge in [-0.2, -0.15) is 0 Å². The third-order valence-electron chi connectivity index (χ3n) is 2.03. The van der Waals surface area contributed by atoms with Gasteiger partial charge in [-0.3, -0.25) is 4.79 Å². The highest BCUT2D eigenvalue weighted by Gasteiger charge is 2.22. The number of esters is 1. The first-order chi connectivity index (χ1) is 5.24. The zero-order chi connectivity index (χ0) is 8.27. The van der Waals surface area contributed by atoms with Crippen molar-refractivity contribution in [3.63, 3.8) is 0 Å². The standard InChI is InChI=1S/C9H14O2/c1-3-4-8-6-11-9(10)5-7(8)2/h8H,2-6H2,1H3/t8-/m0/s1. The van der Waals surface area contributed by atoms with Crippen LogP contribution in [0.4, 0.5) is 0 Å². The Bertz CT molecular complexity index is 172. The molecule has 2 heteroatoms. The molecule has 1 atom stereocenters. The van der Waals surface area contributed by atoms with Gasteiger partial charge in [0, 0.05) is 5.92 Å². The van der Waals surface area contributed by atoms with Crippen LogP contribution in [0, 0.1) is 5.92 Å². The average Bonchev–Trinajstić information content (AvgIpc) is 1.95. The molecule has 0 unspecified atom stereocenters. The van der Waals surface area contributed by atoms with E-state index in [2.05, 4.69) is 13.5 Å². The summed E-state index contributed by atoms with van der Waals surface area (Å²) < 4.78 is 4.91. The van der Waals surface area contributed by atoms with Crippen molar-refractivity contribution in [1.82, 2.24) is 0 Å². The van der Waals surface area contributed by atoms with E-state index in [9.17, 15) is 4.79 Å². The highest BCUT2D eigenvalue weighted by molar-refractivity contribution is 5.73. The van der Waals surface area contributed by atoms with Gasteiger partial charge in [-0.25, -0.2) is 0 Å². The lowest BCUT2D eigenvalue weighted by Crippen LogP contribution is -2.23. The Hall–Kier alpha value is -0.790. The fourth-order valence-electron chi connectivity index (χ4n) is 1.33. The van der Waals surface area contributed by atoms with Crippen molar-refractivity contribution in [2.24, 2.45) is 5.92 Å². The molecule has 1 heterocycles. The maximum atomic E-state index is 10.7. The molecule has 0 saturated carbocycles. The van der Waals surface area contributed by atoms with Crippen LogP contribution in [0.1, 0.15) is 26.2 Å². The van der Waals surface area contributed by atoms with Crippen molar-refractivity contribution in [2.45, 2.75) is 26.2 Å². The Morgan fingerprint density at radius 2 is 2.45 bits per heavy atom. The number of ether oxygens (including phenoxy) is 1. The molecule has 0 aromatic rings. The molecule has 1 fully saturated rings. The largest absolute Gasteiger partial charge is 0.465 e. The molecular formula is C9H14O2. The zero-order valence-electron chi connectivity index (χ0n) is 6.93. The van der Waals surface area contributed by atoms with Crippen LogP contribution < -0.4 is 0 Å². The molecule has 0 N–H and O–H groups in total. The third kappa shape index (κ3) is 2.07. The van der Waals surface area contributed by atoms with E-state index in [-0.39, 0.29) is 5.97 Å². The number of carbonyl (C=O) groups is 1. The smallest absolute Gasteiger partial charge is 0.309 e. The molecule has 0 aliphatic carbocycles. The maximum absolute atomic E-state index is 10.7. The molecule has 0 spiro atoms. The summed E-state index contributed by atoms with van der Waals surface area (Å²) in [6.45, 7) is 6.54. The van der Waals surface area contributed by atoms with E-state index in [4.69, 9.17) is 4.74 Å². The lowest BCUT2D eigenvalue weighted by molar-refractivity contribution is -0.146. The fraction of sp³-hybridized carbons (Fsp3) is 0.667. The summed E-state index contributed by atoms with van der Waals surface area (Å²) in [4.78, 5) is 10.7. The normalized spacial score (nSPS) is 25.0. The van der Waals surface area contributed by atoms with Crippen molar-refractivity contribution >= 4 is 5.97 Å². The first-order valence-corrected chi connectivity index (χ1v) is 4.07. The predicted octanol–water partition coefficient (Wildman–Crippen LogP) is 1.91. The highest BCUT2D eigenvalue weighted by atomic mass is 16.5. The number of hydrogen-bond donors (Lipinski definition) is 0. The number of hydrogen-bond acceptors (Lipinski definition) is 2. The first kappa shape index (κ1) is 8.31. The summed E-state index contributed by atoms with van der Waals surface area (Å²) in [5.41, 5.74) is 1.04. The molecule has 0 radical (unpaired) electrons. The second-order valence-electron chi connectivity index (χ2n) is 3.00. The fourth-order valence-corrected chi connectivity index (χ4v) is 1.33. The molecule has 1 aliphatic heterocycles. The van der Waals surface area contributed by atoms with Gasteiger partial charge in [0.2, 0.25) is 0 Å². The summed E-state index contributed by atoms with van der Waals surface area (Å²) in [7, 11) is 0. The van der Waals surface area contributed by atoms with Gasteiger partial charge in [0.1, 0.15) is 0 Å². The third-order valence-corrected chi connectivity index (χ3v) is 2.03. The molecule has 62 valence electrons. The van der Waals surface area contributed by atoms with Crippen LogP contribution in [0.2, 0.25) is 0 Å². The molecule has 2 nitrogen and oxygen atoms in total. The van der Waals surface area contributed by atoms with Gasteiger partial charge in [-0.05, 0) is 6.42 Å². The van der Waals surface area contributed by atoms with Crippen LogP contribution >= 0.6 is 0 Å². The molecule has 1 saturated heterocycles. The molecule has 1 aliphatic rings. The molecule has 11 heavy (non-hydrogen) atoms. The van der Waals surface area contributed by atoms with Crippen molar-refractivity contribution in [3.8, 4) is 0 Å². The lowest BCUT2D eigenvalue weighted by Gasteiger charge is -2.23. The summed E-state index contributed by atoms with van der Waals surface area (Å²) in [5.74, 6) is 0.292. The summed E-state index contributed by atoms with van der Waals surface area (Å²) in [6.07, 6.45) is 2.64. The van der Waals surface area contributed by atoms with Gasteiger partial charge in [-0.1, -0.05) is 25.5 Å². The summed E-state index contributed by atoms with van der Waals surface area (Å²) in [6, 6.07) is 0. The second kappa shape index (κ2) is 3.56. The molecule has 0 aromatic heterocycles. The van der Waals surface area contributed by atoms with E-state index < -0.39 is 0 Å². The van der Waals surface area contributed by atoms with Gasteiger partial charge in [0.15, 0.2) is 0 Å². The quantitative estimate of drug-likeness (QED) is 0.448. The van der Waals surface area contributed by atoms with E-state index in [1.807, 2.05) is 0 Å². The van der Waals surface area contributed by atoms with Gasteiger partial charge >= 0.3 is 5.97 Å². The van der Waals surface area contributed by atoms with Crippen molar-refractivity contribution in [3.05, 3.63) is 12.2 Å². The van der Waals surface area contributed by atoms with Crippen LogP contribution in [-0.2, 0) is 9.53 Å². The van der Waals surface area contributed by atoms with E-state index in [0.717, 1.165) is 18.4 Å². The minimum absolute atomic E-state index is 0.123. The first-order valence-electron chi connectivity index (χ1n) is 4.07. The molecular weight excluding hydrogens is 140 g/mol. The topological polar surface area (TPSA) is 26.3 Å². The monoisotopic (exact) mass is 154 g/mol. The SMILES string of the molecule is C=C1CC(=O)OC[C@@H]1CCC. The predicted molar refractivity (Wildman–Crippen MR) is 43.1 cm³/mol. The number of rotatable bonds is 2. The summed E-state index contributed by atoms with van der Waals surface area (Å²) >= 11 is 0. The van der Waals surface area contributed by atoms with E-state index in [0.29, 0.717) is 18.9 Å². The Labute approximate surface area is 67.2 Å². The molecule has 0 aromatic carbocycles. The van der Waals surface area contributed by atoms with E-state index >= 15 is 0 Å². The summed E-state index contributed by atoms with van der Waals surface area (Å²) in [5, 5.41) is 0. The molecule has 1 rings (SSSR count).